The van der Waals surface area contributed by atoms with Crippen LogP contribution in [0.1, 0.15) is 22.8 Å². The zero-order chi connectivity index (χ0) is 21.8. The van der Waals surface area contributed by atoms with E-state index in [1.54, 1.807) is 19.5 Å². The topological polar surface area (TPSA) is 69.9 Å². The summed E-state index contributed by atoms with van der Waals surface area (Å²) in [4.78, 5) is 17.1. The highest BCUT2D eigenvalue weighted by Gasteiger charge is 2.22. The van der Waals surface area contributed by atoms with Crippen LogP contribution in [-0.2, 0) is 0 Å². The number of carbonyl (C=O) groups excluding carboxylic acids is 1. The van der Waals surface area contributed by atoms with E-state index in [0.29, 0.717) is 16.5 Å². The molecule has 0 saturated carbocycles. The molecule has 2 aromatic heterocycles. The Kier molecular flexibility index (Phi) is 6.13. The maximum absolute atomic E-state index is 13.0. The number of nitrogens with zero attached hydrogens (tertiary/aromatic N) is 4. The van der Waals surface area contributed by atoms with E-state index in [0.717, 1.165) is 22.6 Å². The number of ketones is 1. The van der Waals surface area contributed by atoms with E-state index in [9.17, 15) is 4.79 Å². The monoisotopic (exact) mass is 430 g/mol. The van der Waals surface area contributed by atoms with Crippen LogP contribution in [0.3, 0.4) is 0 Å². The molecule has 1 unspecified atom stereocenters. The number of benzene rings is 2. The molecule has 0 aliphatic rings. The fourth-order valence-electron chi connectivity index (χ4n) is 3.16. The van der Waals surface area contributed by atoms with Crippen LogP contribution in [0.5, 0.6) is 5.75 Å². The van der Waals surface area contributed by atoms with Gasteiger partial charge in [-0.2, -0.15) is 0 Å². The van der Waals surface area contributed by atoms with E-state index in [1.807, 2.05) is 79.1 Å². The number of carbonyl (C=O) groups is 1. The summed E-state index contributed by atoms with van der Waals surface area (Å²) in [6, 6.07) is 19.1. The van der Waals surface area contributed by atoms with Gasteiger partial charge in [0.25, 0.3) is 0 Å². The lowest BCUT2D eigenvalue weighted by atomic mass is 10.1. The highest BCUT2D eigenvalue weighted by atomic mass is 32.2. The molecule has 0 aliphatic carbocycles. The van der Waals surface area contributed by atoms with Crippen LogP contribution in [-0.4, -0.2) is 37.9 Å². The van der Waals surface area contributed by atoms with E-state index < -0.39 is 0 Å². The van der Waals surface area contributed by atoms with Gasteiger partial charge in [0.05, 0.1) is 12.4 Å². The first-order valence-corrected chi connectivity index (χ1v) is 10.7. The van der Waals surface area contributed by atoms with Crippen molar-refractivity contribution in [2.75, 3.05) is 7.11 Å². The van der Waals surface area contributed by atoms with E-state index in [4.69, 9.17) is 4.74 Å². The second-order valence-corrected chi connectivity index (χ2v) is 8.37. The molecule has 4 aromatic rings. The van der Waals surface area contributed by atoms with Crippen LogP contribution in [0.25, 0.3) is 17.1 Å². The Morgan fingerprint density at radius 2 is 1.65 bits per heavy atom. The lowest BCUT2D eigenvalue weighted by Crippen LogP contribution is -2.14. The molecule has 0 bridgehead atoms. The Hall–Kier alpha value is -3.45. The molecule has 0 aliphatic heterocycles. The Bertz CT molecular complexity index is 1170. The summed E-state index contributed by atoms with van der Waals surface area (Å²) < 4.78 is 7.24. The van der Waals surface area contributed by atoms with E-state index in [-0.39, 0.29) is 11.0 Å². The summed E-state index contributed by atoms with van der Waals surface area (Å²) in [6.45, 7) is 3.90. The van der Waals surface area contributed by atoms with Gasteiger partial charge in [0, 0.05) is 29.2 Å². The quantitative estimate of drug-likeness (QED) is 0.303. The minimum Gasteiger partial charge on any atom is -0.497 e. The maximum atomic E-state index is 13.0. The van der Waals surface area contributed by atoms with Crippen molar-refractivity contribution in [3.8, 4) is 22.8 Å². The van der Waals surface area contributed by atoms with Gasteiger partial charge >= 0.3 is 0 Å². The molecule has 1 atom stereocenters. The van der Waals surface area contributed by atoms with Crippen LogP contribution < -0.4 is 4.74 Å². The summed E-state index contributed by atoms with van der Waals surface area (Å²) in [5.41, 5.74) is 3.59. The Labute approximate surface area is 185 Å². The zero-order valence-corrected chi connectivity index (χ0v) is 18.3. The Morgan fingerprint density at radius 1 is 0.968 bits per heavy atom. The molecule has 7 heteroatoms. The maximum Gasteiger partial charge on any atom is 0.196 e. The number of methoxy groups -OCH3 is 1. The van der Waals surface area contributed by atoms with Crippen molar-refractivity contribution in [2.45, 2.75) is 24.3 Å². The van der Waals surface area contributed by atoms with Crippen molar-refractivity contribution in [3.05, 3.63) is 84.2 Å². The summed E-state index contributed by atoms with van der Waals surface area (Å²) in [6.07, 6.45) is 3.44. The smallest absolute Gasteiger partial charge is 0.196 e. The summed E-state index contributed by atoms with van der Waals surface area (Å²) in [5.74, 6) is 1.50. The lowest BCUT2D eigenvalue weighted by molar-refractivity contribution is 0.0994. The standard InChI is InChI=1S/C24H22N4O2S/c1-16-4-6-18(7-5-16)22(29)17(2)31-24-27-26-23(19-12-14-25-15-13-19)28(24)20-8-10-21(30-3)11-9-20/h4-15,17H,1-3H3. The number of thioether (sulfide) groups is 1. The third-order valence-corrected chi connectivity index (χ3v) is 5.93. The predicted molar refractivity (Wildman–Crippen MR) is 122 cm³/mol. The van der Waals surface area contributed by atoms with Crippen molar-refractivity contribution >= 4 is 17.5 Å². The molecular weight excluding hydrogens is 408 g/mol. The molecule has 0 fully saturated rings. The Morgan fingerprint density at radius 3 is 2.29 bits per heavy atom. The van der Waals surface area contributed by atoms with Gasteiger partial charge in [-0.05, 0) is 50.2 Å². The summed E-state index contributed by atoms with van der Waals surface area (Å²) >= 11 is 1.39. The normalized spacial score (nSPS) is 11.8. The van der Waals surface area contributed by atoms with Gasteiger partial charge in [-0.25, -0.2) is 0 Å². The molecule has 156 valence electrons. The van der Waals surface area contributed by atoms with Gasteiger partial charge in [0.15, 0.2) is 16.8 Å². The fraction of sp³-hybridized carbons (Fsp3) is 0.167. The fourth-order valence-corrected chi connectivity index (χ4v) is 4.11. The zero-order valence-electron chi connectivity index (χ0n) is 17.5. The van der Waals surface area contributed by atoms with E-state index in [2.05, 4.69) is 15.2 Å². The average Bonchev–Trinajstić information content (AvgIpc) is 3.23. The largest absolute Gasteiger partial charge is 0.497 e. The van der Waals surface area contributed by atoms with Gasteiger partial charge in [-0.1, -0.05) is 41.6 Å². The number of rotatable bonds is 7. The number of aryl methyl sites for hydroxylation is 1. The highest BCUT2D eigenvalue weighted by Crippen LogP contribution is 2.31. The number of hydrogen-bond donors (Lipinski definition) is 0. The van der Waals surface area contributed by atoms with Gasteiger partial charge < -0.3 is 4.74 Å². The Balaban J connectivity index is 1.70. The number of hydrogen-bond acceptors (Lipinski definition) is 6. The number of aromatic nitrogens is 4. The number of ether oxygens (including phenoxy) is 1. The van der Waals surface area contributed by atoms with Crippen molar-refractivity contribution in [1.29, 1.82) is 0 Å². The molecule has 0 radical (unpaired) electrons. The first-order valence-electron chi connectivity index (χ1n) is 9.84. The molecule has 0 spiro atoms. The van der Waals surface area contributed by atoms with E-state index in [1.165, 1.54) is 11.8 Å². The molecular formula is C24H22N4O2S. The summed E-state index contributed by atoms with van der Waals surface area (Å²) in [7, 11) is 1.63. The molecule has 4 rings (SSSR count). The van der Waals surface area contributed by atoms with Gasteiger partial charge in [0.1, 0.15) is 5.75 Å². The highest BCUT2D eigenvalue weighted by molar-refractivity contribution is 8.00. The predicted octanol–water partition coefficient (Wildman–Crippen LogP) is 5.01. The minimum absolute atomic E-state index is 0.0553. The first kappa shape index (κ1) is 20.8. The molecule has 0 N–H and O–H groups in total. The molecule has 0 saturated heterocycles. The molecule has 2 aromatic carbocycles. The van der Waals surface area contributed by atoms with Crippen LogP contribution >= 0.6 is 11.8 Å². The van der Waals surface area contributed by atoms with Crippen molar-refractivity contribution in [1.82, 2.24) is 19.7 Å². The van der Waals surface area contributed by atoms with Gasteiger partial charge in [-0.15, -0.1) is 10.2 Å². The van der Waals surface area contributed by atoms with Gasteiger partial charge in [0.2, 0.25) is 0 Å². The van der Waals surface area contributed by atoms with Gasteiger partial charge in [-0.3, -0.25) is 14.3 Å². The molecule has 6 nitrogen and oxygen atoms in total. The van der Waals surface area contributed by atoms with Crippen molar-refractivity contribution < 1.29 is 9.53 Å². The number of pyridine rings is 1. The van der Waals surface area contributed by atoms with Crippen LogP contribution in [0.4, 0.5) is 0 Å². The molecule has 2 heterocycles. The lowest BCUT2D eigenvalue weighted by Gasteiger charge is -2.14. The van der Waals surface area contributed by atoms with Crippen LogP contribution in [0.2, 0.25) is 0 Å². The second-order valence-electron chi connectivity index (χ2n) is 7.07. The van der Waals surface area contributed by atoms with Crippen LogP contribution in [0, 0.1) is 6.92 Å². The van der Waals surface area contributed by atoms with E-state index >= 15 is 0 Å². The SMILES string of the molecule is COc1ccc(-n2c(SC(C)C(=O)c3ccc(C)cc3)nnc2-c2ccncc2)cc1. The van der Waals surface area contributed by atoms with Crippen LogP contribution in [0.15, 0.2) is 78.2 Å². The first-order chi connectivity index (χ1) is 15.1. The van der Waals surface area contributed by atoms with Crippen molar-refractivity contribution in [3.63, 3.8) is 0 Å². The average molecular weight is 431 g/mol. The molecule has 31 heavy (non-hydrogen) atoms. The third kappa shape index (κ3) is 4.51. The second kappa shape index (κ2) is 9.14. The van der Waals surface area contributed by atoms with Crippen molar-refractivity contribution in [2.24, 2.45) is 0 Å². The molecule has 0 amide bonds. The number of Topliss-reactive ketones (excluding diaryl/α,β-unsaturated/α-hetero) is 1. The summed E-state index contributed by atoms with van der Waals surface area (Å²) in [5, 5.41) is 9.16. The minimum atomic E-state index is -0.325. The third-order valence-electron chi connectivity index (χ3n) is 4.89.